The highest BCUT2D eigenvalue weighted by Crippen LogP contribution is 2.17. The zero-order chi connectivity index (χ0) is 23.2. The van der Waals surface area contributed by atoms with Gasteiger partial charge in [-0.25, -0.2) is 0 Å². The van der Waals surface area contributed by atoms with Crippen LogP contribution in [0.1, 0.15) is 32.3 Å². The summed E-state index contributed by atoms with van der Waals surface area (Å²) in [6.07, 6.45) is 1.64. The Morgan fingerprint density at radius 1 is 1.06 bits per heavy atom. The zero-order valence-corrected chi connectivity index (χ0v) is 19.0. The Morgan fingerprint density at radius 3 is 2.67 bits per heavy atom. The summed E-state index contributed by atoms with van der Waals surface area (Å²) in [5, 5.41) is 11.4. The van der Waals surface area contributed by atoms with Gasteiger partial charge in [-0.1, -0.05) is 53.2 Å². The minimum atomic E-state index is -0.458. The smallest absolute Gasteiger partial charge is 0.268 e. The second kappa shape index (κ2) is 10.1. The molecule has 0 fully saturated rings. The summed E-state index contributed by atoms with van der Waals surface area (Å²) in [5.74, 6) is -0.100. The van der Waals surface area contributed by atoms with E-state index in [1.165, 1.54) is 11.3 Å². The van der Waals surface area contributed by atoms with Crippen LogP contribution in [0.25, 0.3) is 17.5 Å². The fourth-order valence-electron chi connectivity index (χ4n) is 3.17. The molecule has 166 valence electrons. The molecule has 33 heavy (non-hydrogen) atoms. The Hall–Kier alpha value is -4.04. The summed E-state index contributed by atoms with van der Waals surface area (Å²) >= 11 is 1.46. The van der Waals surface area contributed by atoms with E-state index in [2.05, 4.69) is 20.8 Å². The maximum Gasteiger partial charge on any atom is 0.268 e. The molecule has 0 saturated carbocycles. The number of hydrogen-bond donors (Lipinski definition) is 2. The van der Waals surface area contributed by atoms with Crippen molar-refractivity contribution in [2.24, 2.45) is 0 Å². The number of hydrogen-bond acceptors (Lipinski definition) is 6. The lowest BCUT2D eigenvalue weighted by atomic mass is 10.1. The van der Waals surface area contributed by atoms with Crippen LogP contribution in [0.5, 0.6) is 0 Å². The zero-order valence-electron chi connectivity index (χ0n) is 18.2. The molecular weight excluding hydrogens is 436 g/mol. The standard InChI is InChI=1S/C25H22N4O3S/c1-16-7-5-9-18(13-16)23-28-22(32-29-23)15-26-25(31)21(14-19-10-6-12-33-19)27-24(30)20-11-4-3-8-17(20)2/h3-14H,15H2,1-2H3,(H,26,31)(H,27,30)/b21-14-. The summed E-state index contributed by atoms with van der Waals surface area (Å²) in [4.78, 5) is 30.9. The Bertz CT molecular complexity index is 1310. The molecule has 0 aliphatic heterocycles. The predicted octanol–water partition coefficient (Wildman–Crippen LogP) is 4.50. The average molecular weight is 459 g/mol. The van der Waals surface area contributed by atoms with Crippen molar-refractivity contribution in [3.63, 3.8) is 0 Å². The van der Waals surface area contributed by atoms with E-state index in [4.69, 9.17) is 4.52 Å². The van der Waals surface area contributed by atoms with E-state index in [1.807, 2.05) is 67.8 Å². The third kappa shape index (κ3) is 5.61. The summed E-state index contributed by atoms with van der Waals surface area (Å²) in [6, 6.07) is 18.7. The highest BCUT2D eigenvalue weighted by molar-refractivity contribution is 7.10. The van der Waals surface area contributed by atoms with E-state index in [0.29, 0.717) is 11.4 Å². The minimum absolute atomic E-state index is 0.0274. The molecule has 0 aliphatic carbocycles. The molecule has 0 atom stereocenters. The highest BCUT2D eigenvalue weighted by Gasteiger charge is 2.17. The maximum atomic E-state index is 12.9. The lowest BCUT2D eigenvalue weighted by Crippen LogP contribution is -2.34. The van der Waals surface area contributed by atoms with Gasteiger partial charge in [-0.2, -0.15) is 4.98 Å². The van der Waals surface area contributed by atoms with Gasteiger partial charge in [0.25, 0.3) is 11.8 Å². The number of benzene rings is 2. The molecule has 2 aromatic carbocycles. The molecule has 2 aromatic heterocycles. The van der Waals surface area contributed by atoms with Crippen molar-refractivity contribution in [2.75, 3.05) is 0 Å². The topological polar surface area (TPSA) is 97.1 Å². The van der Waals surface area contributed by atoms with Crippen molar-refractivity contribution in [1.29, 1.82) is 0 Å². The molecule has 0 aliphatic rings. The average Bonchev–Trinajstić information content (AvgIpc) is 3.49. The number of thiophene rings is 1. The fourth-order valence-corrected chi connectivity index (χ4v) is 3.83. The quantitative estimate of drug-likeness (QED) is 0.398. The molecule has 2 N–H and O–H groups in total. The van der Waals surface area contributed by atoms with Gasteiger partial charge in [-0.05, 0) is 49.1 Å². The molecule has 0 unspecified atom stereocenters. The van der Waals surface area contributed by atoms with Gasteiger partial charge in [-0.15, -0.1) is 11.3 Å². The minimum Gasteiger partial charge on any atom is -0.342 e. The monoisotopic (exact) mass is 458 g/mol. The number of aromatic nitrogens is 2. The molecule has 0 bridgehead atoms. The normalized spacial score (nSPS) is 11.3. The first-order chi connectivity index (χ1) is 16.0. The number of carbonyl (C=O) groups excluding carboxylic acids is 2. The molecule has 7 nitrogen and oxygen atoms in total. The molecule has 2 amide bonds. The number of nitrogens with one attached hydrogen (secondary N) is 2. The van der Waals surface area contributed by atoms with E-state index >= 15 is 0 Å². The van der Waals surface area contributed by atoms with Crippen LogP contribution in [0, 0.1) is 13.8 Å². The van der Waals surface area contributed by atoms with Crippen LogP contribution < -0.4 is 10.6 Å². The molecule has 4 aromatic rings. The summed E-state index contributed by atoms with van der Waals surface area (Å²) in [6.45, 7) is 3.86. The van der Waals surface area contributed by atoms with Gasteiger partial charge in [0.15, 0.2) is 0 Å². The van der Waals surface area contributed by atoms with Crippen LogP contribution >= 0.6 is 11.3 Å². The molecule has 0 spiro atoms. The largest absolute Gasteiger partial charge is 0.342 e. The lowest BCUT2D eigenvalue weighted by molar-refractivity contribution is -0.118. The van der Waals surface area contributed by atoms with Crippen LogP contribution in [0.2, 0.25) is 0 Å². The second-order valence-corrected chi connectivity index (χ2v) is 8.39. The Morgan fingerprint density at radius 2 is 1.91 bits per heavy atom. The Labute approximate surface area is 195 Å². The van der Waals surface area contributed by atoms with Crippen molar-refractivity contribution >= 4 is 29.2 Å². The Kier molecular flexibility index (Phi) is 6.75. The summed E-state index contributed by atoms with van der Waals surface area (Å²) in [7, 11) is 0. The predicted molar refractivity (Wildman–Crippen MR) is 127 cm³/mol. The van der Waals surface area contributed by atoms with Gasteiger partial charge in [0.1, 0.15) is 5.70 Å². The fraction of sp³-hybridized carbons (Fsp3) is 0.120. The molecule has 4 rings (SSSR count). The van der Waals surface area contributed by atoms with Crippen LogP contribution in [0.15, 0.2) is 76.3 Å². The van der Waals surface area contributed by atoms with Crippen molar-refractivity contribution in [3.8, 4) is 11.4 Å². The number of nitrogens with zero attached hydrogens (tertiary/aromatic N) is 2. The van der Waals surface area contributed by atoms with E-state index in [0.717, 1.165) is 21.6 Å². The van der Waals surface area contributed by atoms with Gasteiger partial charge in [0, 0.05) is 16.0 Å². The number of aryl methyl sites for hydroxylation is 2. The molecule has 0 radical (unpaired) electrons. The number of carbonyl (C=O) groups is 2. The van der Waals surface area contributed by atoms with Crippen molar-refractivity contribution in [3.05, 3.63) is 99.2 Å². The molecule has 0 saturated heterocycles. The van der Waals surface area contributed by atoms with E-state index in [1.54, 1.807) is 18.2 Å². The lowest BCUT2D eigenvalue weighted by Gasteiger charge is -2.11. The van der Waals surface area contributed by atoms with Gasteiger partial charge >= 0.3 is 0 Å². The SMILES string of the molecule is Cc1cccc(-c2noc(CNC(=O)/C(=C/c3cccs3)NC(=O)c3ccccc3C)n2)c1. The first kappa shape index (κ1) is 22.2. The third-order valence-electron chi connectivity index (χ3n) is 4.86. The van der Waals surface area contributed by atoms with Crippen LogP contribution in [-0.4, -0.2) is 22.0 Å². The highest BCUT2D eigenvalue weighted by atomic mass is 32.1. The van der Waals surface area contributed by atoms with Crippen molar-refractivity contribution in [1.82, 2.24) is 20.8 Å². The van der Waals surface area contributed by atoms with E-state index < -0.39 is 5.91 Å². The van der Waals surface area contributed by atoms with Crippen molar-refractivity contribution in [2.45, 2.75) is 20.4 Å². The van der Waals surface area contributed by atoms with Gasteiger partial charge in [0.05, 0.1) is 6.54 Å². The van der Waals surface area contributed by atoms with Gasteiger partial charge in [0.2, 0.25) is 11.7 Å². The molecular formula is C25H22N4O3S. The summed E-state index contributed by atoms with van der Waals surface area (Å²) < 4.78 is 5.28. The van der Waals surface area contributed by atoms with Crippen LogP contribution in [0.4, 0.5) is 0 Å². The number of rotatable bonds is 7. The number of amides is 2. The van der Waals surface area contributed by atoms with Crippen LogP contribution in [-0.2, 0) is 11.3 Å². The molecule has 2 heterocycles. The van der Waals surface area contributed by atoms with E-state index in [-0.39, 0.29) is 24.0 Å². The molecule has 8 heteroatoms. The van der Waals surface area contributed by atoms with Gasteiger partial charge in [-0.3, -0.25) is 9.59 Å². The first-order valence-corrected chi connectivity index (χ1v) is 11.2. The van der Waals surface area contributed by atoms with E-state index in [9.17, 15) is 9.59 Å². The summed E-state index contributed by atoms with van der Waals surface area (Å²) in [5.41, 5.74) is 3.37. The maximum absolute atomic E-state index is 12.9. The third-order valence-corrected chi connectivity index (χ3v) is 5.68. The van der Waals surface area contributed by atoms with Crippen LogP contribution in [0.3, 0.4) is 0 Å². The van der Waals surface area contributed by atoms with Crippen molar-refractivity contribution < 1.29 is 14.1 Å². The second-order valence-electron chi connectivity index (χ2n) is 7.41. The Balaban J connectivity index is 1.48. The van der Waals surface area contributed by atoms with Gasteiger partial charge < -0.3 is 15.2 Å². The first-order valence-electron chi connectivity index (χ1n) is 10.3.